The summed E-state index contributed by atoms with van der Waals surface area (Å²) in [5.74, 6) is 2.51. The van der Waals surface area contributed by atoms with Crippen molar-refractivity contribution in [2.75, 3.05) is 0 Å². The topological polar surface area (TPSA) is 87.1 Å². The molecular formula is C22H24N4O3. The fourth-order valence-corrected chi connectivity index (χ4v) is 3.43. The first-order valence-electron chi connectivity index (χ1n) is 9.51. The molecule has 4 rings (SSSR count). The predicted octanol–water partition coefficient (Wildman–Crippen LogP) is 5.35. The molecule has 1 aromatic carbocycles. The highest BCUT2D eigenvalue weighted by atomic mass is 16.5. The van der Waals surface area contributed by atoms with E-state index in [0.29, 0.717) is 17.5 Å². The van der Waals surface area contributed by atoms with Crippen molar-refractivity contribution in [3.05, 3.63) is 41.1 Å². The van der Waals surface area contributed by atoms with Crippen molar-refractivity contribution in [3.63, 3.8) is 0 Å². The van der Waals surface area contributed by atoms with Gasteiger partial charge in [0.25, 0.3) is 0 Å². The maximum Gasteiger partial charge on any atom is 0.225 e. The van der Waals surface area contributed by atoms with Crippen LogP contribution in [0.1, 0.15) is 43.7 Å². The van der Waals surface area contributed by atoms with Crippen molar-refractivity contribution in [2.45, 2.75) is 54.1 Å². The number of rotatable bonds is 3. The molecule has 0 atom stereocenters. The molecule has 0 spiro atoms. The van der Waals surface area contributed by atoms with Crippen molar-refractivity contribution in [1.29, 1.82) is 0 Å². The largest absolute Gasteiger partial charge is 0.471 e. The molecule has 0 fully saturated rings. The number of hydrogen-bond donors (Lipinski definition) is 0. The SMILES string of the molecule is Cc1noc(C)c1-c1ccc2nc(-c3c(C)noc3C)nc(OC(C)(C)C)c2c1. The minimum atomic E-state index is -0.420. The zero-order valence-electron chi connectivity index (χ0n) is 17.7. The average molecular weight is 392 g/mol. The zero-order valence-corrected chi connectivity index (χ0v) is 17.7. The van der Waals surface area contributed by atoms with Crippen LogP contribution in [-0.2, 0) is 0 Å². The summed E-state index contributed by atoms with van der Waals surface area (Å²) < 4.78 is 16.9. The number of hydrogen-bond acceptors (Lipinski definition) is 7. The molecule has 0 aliphatic heterocycles. The van der Waals surface area contributed by atoms with E-state index in [0.717, 1.165) is 44.7 Å². The second-order valence-electron chi connectivity index (χ2n) is 8.20. The van der Waals surface area contributed by atoms with Gasteiger partial charge in [0.2, 0.25) is 5.88 Å². The Bertz CT molecular complexity index is 1180. The Balaban J connectivity index is 1.97. The van der Waals surface area contributed by atoms with E-state index < -0.39 is 5.60 Å². The van der Waals surface area contributed by atoms with Crippen LogP contribution in [0.25, 0.3) is 33.4 Å². The normalized spacial score (nSPS) is 12.0. The zero-order chi connectivity index (χ0) is 20.9. The van der Waals surface area contributed by atoms with Crippen molar-refractivity contribution in [2.24, 2.45) is 0 Å². The van der Waals surface area contributed by atoms with Gasteiger partial charge in [0.1, 0.15) is 17.1 Å². The van der Waals surface area contributed by atoms with Crippen LogP contribution >= 0.6 is 0 Å². The lowest BCUT2D eigenvalue weighted by Gasteiger charge is -2.22. The monoisotopic (exact) mass is 392 g/mol. The van der Waals surface area contributed by atoms with Crippen LogP contribution in [0.15, 0.2) is 27.2 Å². The van der Waals surface area contributed by atoms with E-state index in [1.54, 1.807) is 0 Å². The van der Waals surface area contributed by atoms with Crippen LogP contribution in [0.2, 0.25) is 0 Å². The Labute approximate surface area is 169 Å². The van der Waals surface area contributed by atoms with Crippen LogP contribution < -0.4 is 4.74 Å². The maximum absolute atomic E-state index is 6.23. The number of nitrogens with zero attached hydrogens (tertiary/aromatic N) is 4. The Morgan fingerprint density at radius 2 is 1.45 bits per heavy atom. The van der Waals surface area contributed by atoms with Gasteiger partial charge in [0.05, 0.1) is 27.9 Å². The molecule has 0 bridgehead atoms. The molecule has 29 heavy (non-hydrogen) atoms. The minimum Gasteiger partial charge on any atom is -0.471 e. The molecule has 0 aliphatic carbocycles. The number of aromatic nitrogens is 4. The van der Waals surface area contributed by atoms with Crippen LogP contribution in [0.3, 0.4) is 0 Å². The average Bonchev–Trinajstić information content (AvgIpc) is 3.14. The second-order valence-corrected chi connectivity index (χ2v) is 8.20. The van der Waals surface area contributed by atoms with E-state index in [9.17, 15) is 0 Å². The molecule has 0 radical (unpaired) electrons. The summed E-state index contributed by atoms with van der Waals surface area (Å²) in [4.78, 5) is 9.51. The Morgan fingerprint density at radius 1 is 0.828 bits per heavy atom. The van der Waals surface area contributed by atoms with Crippen molar-refractivity contribution in [1.82, 2.24) is 20.3 Å². The first-order chi connectivity index (χ1) is 13.6. The molecule has 0 N–H and O–H groups in total. The van der Waals surface area contributed by atoms with E-state index in [1.165, 1.54) is 0 Å². The summed E-state index contributed by atoms with van der Waals surface area (Å²) in [6, 6.07) is 6.01. The summed E-state index contributed by atoms with van der Waals surface area (Å²) in [6.07, 6.45) is 0. The smallest absolute Gasteiger partial charge is 0.225 e. The highest BCUT2D eigenvalue weighted by molar-refractivity contribution is 5.90. The highest BCUT2D eigenvalue weighted by Gasteiger charge is 2.22. The second kappa shape index (κ2) is 6.69. The van der Waals surface area contributed by atoms with E-state index in [4.69, 9.17) is 23.8 Å². The van der Waals surface area contributed by atoms with Gasteiger partial charge in [-0.1, -0.05) is 16.4 Å². The molecule has 150 valence electrons. The fourth-order valence-electron chi connectivity index (χ4n) is 3.43. The third-order valence-electron chi connectivity index (χ3n) is 4.64. The van der Waals surface area contributed by atoms with Gasteiger partial charge in [0, 0.05) is 5.56 Å². The van der Waals surface area contributed by atoms with E-state index in [1.807, 2.05) is 66.7 Å². The number of benzene rings is 1. The molecular weight excluding hydrogens is 368 g/mol. The van der Waals surface area contributed by atoms with Crippen LogP contribution in [0, 0.1) is 27.7 Å². The minimum absolute atomic E-state index is 0.420. The lowest BCUT2D eigenvalue weighted by Crippen LogP contribution is -2.24. The summed E-state index contributed by atoms with van der Waals surface area (Å²) >= 11 is 0. The molecule has 7 nitrogen and oxygen atoms in total. The first-order valence-corrected chi connectivity index (χ1v) is 9.51. The quantitative estimate of drug-likeness (QED) is 0.464. The third kappa shape index (κ3) is 3.48. The van der Waals surface area contributed by atoms with Gasteiger partial charge in [-0.2, -0.15) is 4.98 Å². The summed E-state index contributed by atoms with van der Waals surface area (Å²) in [5, 5.41) is 8.92. The molecule has 0 amide bonds. The Kier molecular flexibility index (Phi) is 4.41. The highest BCUT2D eigenvalue weighted by Crippen LogP contribution is 2.35. The molecule has 4 aromatic rings. The molecule has 0 saturated heterocycles. The molecule has 0 saturated carbocycles. The van der Waals surface area contributed by atoms with Crippen LogP contribution in [0.4, 0.5) is 0 Å². The van der Waals surface area contributed by atoms with Gasteiger partial charge in [0.15, 0.2) is 5.82 Å². The van der Waals surface area contributed by atoms with Crippen LogP contribution in [0.5, 0.6) is 5.88 Å². The van der Waals surface area contributed by atoms with Gasteiger partial charge < -0.3 is 13.8 Å². The van der Waals surface area contributed by atoms with Gasteiger partial charge in [-0.15, -0.1) is 0 Å². The molecule has 0 aliphatic rings. The summed E-state index contributed by atoms with van der Waals surface area (Å²) in [7, 11) is 0. The van der Waals surface area contributed by atoms with Gasteiger partial charge in [-0.3, -0.25) is 0 Å². The van der Waals surface area contributed by atoms with Crippen molar-refractivity contribution < 1.29 is 13.8 Å². The summed E-state index contributed by atoms with van der Waals surface area (Å²) in [5.41, 5.74) is 4.70. The number of ether oxygens (including phenoxy) is 1. The Morgan fingerprint density at radius 3 is 2.00 bits per heavy atom. The van der Waals surface area contributed by atoms with Gasteiger partial charge in [-0.25, -0.2) is 4.98 Å². The van der Waals surface area contributed by atoms with E-state index >= 15 is 0 Å². The molecule has 3 heterocycles. The lowest BCUT2D eigenvalue weighted by atomic mass is 10.0. The third-order valence-corrected chi connectivity index (χ3v) is 4.64. The standard InChI is InChI=1S/C22H24N4O3/c1-11-18(13(3)28-25-11)15-8-9-17-16(10-15)21(27-22(5,6)7)24-20(23-17)19-12(2)26-29-14(19)4/h8-10H,1-7H3. The van der Waals surface area contributed by atoms with Crippen LogP contribution in [-0.4, -0.2) is 25.9 Å². The molecule has 7 heteroatoms. The van der Waals surface area contributed by atoms with Gasteiger partial charge in [-0.05, 0) is 66.2 Å². The fraction of sp³-hybridized carbons (Fsp3) is 0.364. The van der Waals surface area contributed by atoms with E-state index in [2.05, 4.69) is 10.3 Å². The maximum atomic E-state index is 6.23. The lowest BCUT2D eigenvalue weighted by molar-refractivity contribution is 0.126. The van der Waals surface area contributed by atoms with E-state index in [-0.39, 0.29) is 0 Å². The molecule has 3 aromatic heterocycles. The predicted molar refractivity (Wildman–Crippen MR) is 110 cm³/mol. The summed E-state index contributed by atoms with van der Waals surface area (Å²) in [6.45, 7) is 13.6. The molecule has 0 unspecified atom stereocenters. The van der Waals surface area contributed by atoms with Crippen molar-refractivity contribution in [3.8, 4) is 28.4 Å². The number of aryl methyl sites for hydroxylation is 4. The van der Waals surface area contributed by atoms with Gasteiger partial charge >= 0.3 is 0 Å². The number of fused-ring (bicyclic) bond motifs is 1. The van der Waals surface area contributed by atoms with Crippen molar-refractivity contribution >= 4 is 10.9 Å². The Hall–Kier alpha value is -3.22. The first kappa shape index (κ1) is 19.1.